The van der Waals surface area contributed by atoms with Crippen molar-refractivity contribution in [2.75, 3.05) is 6.54 Å². The van der Waals surface area contributed by atoms with Crippen molar-refractivity contribution in [3.8, 4) is 12.3 Å². The Labute approximate surface area is 113 Å². The summed E-state index contributed by atoms with van der Waals surface area (Å²) in [6.45, 7) is 3.25. The van der Waals surface area contributed by atoms with Gasteiger partial charge in [0.05, 0.1) is 0 Å². The average Bonchev–Trinajstić information content (AvgIpc) is 2.35. The van der Waals surface area contributed by atoms with E-state index in [1.54, 1.807) is 0 Å². The van der Waals surface area contributed by atoms with Gasteiger partial charge < -0.3 is 5.32 Å². The number of terminal acetylenes is 1. The lowest BCUT2D eigenvalue weighted by atomic mass is 10.0. The minimum absolute atomic E-state index is 0.493. The fraction of sp³-hybridized carbons (Fsp3) is 0.467. The molecule has 0 heterocycles. The molecule has 1 aromatic carbocycles. The standard InChI is InChI=1S/C15H20BrN/c1-3-5-6-15(17-11-4-2)12-13-7-9-14(16)10-8-13/h1,7-10,15,17H,4-6,11-12H2,2H3. The first-order chi connectivity index (χ1) is 8.26. The molecule has 92 valence electrons. The molecule has 1 nitrogen and oxygen atoms in total. The van der Waals surface area contributed by atoms with E-state index in [9.17, 15) is 0 Å². The van der Waals surface area contributed by atoms with Crippen molar-refractivity contribution in [3.63, 3.8) is 0 Å². The van der Waals surface area contributed by atoms with Crippen LogP contribution < -0.4 is 5.32 Å². The van der Waals surface area contributed by atoms with E-state index in [0.717, 1.165) is 36.7 Å². The molecule has 0 amide bonds. The third kappa shape index (κ3) is 5.91. The molecule has 0 bridgehead atoms. The van der Waals surface area contributed by atoms with Crippen molar-refractivity contribution >= 4 is 15.9 Å². The van der Waals surface area contributed by atoms with E-state index in [-0.39, 0.29) is 0 Å². The first-order valence-electron chi connectivity index (χ1n) is 6.17. The molecule has 1 rings (SSSR count). The molecule has 0 radical (unpaired) electrons. The van der Waals surface area contributed by atoms with Gasteiger partial charge in [0.2, 0.25) is 0 Å². The summed E-state index contributed by atoms with van der Waals surface area (Å²) in [4.78, 5) is 0. The lowest BCUT2D eigenvalue weighted by molar-refractivity contribution is 0.483. The highest BCUT2D eigenvalue weighted by molar-refractivity contribution is 9.10. The second-order valence-corrected chi connectivity index (χ2v) is 5.14. The molecule has 17 heavy (non-hydrogen) atoms. The van der Waals surface area contributed by atoms with E-state index in [1.807, 2.05) is 0 Å². The number of hydrogen-bond acceptors (Lipinski definition) is 1. The minimum atomic E-state index is 0.493. The molecule has 0 saturated heterocycles. The number of hydrogen-bond donors (Lipinski definition) is 1. The Morgan fingerprint density at radius 3 is 2.65 bits per heavy atom. The second-order valence-electron chi connectivity index (χ2n) is 4.22. The van der Waals surface area contributed by atoms with Crippen LogP contribution in [0, 0.1) is 12.3 Å². The van der Waals surface area contributed by atoms with Crippen molar-refractivity contribution in [1.82, 2.24) is 5.32 Å². The fourth-order valence-corrected chi connectivity index (χ4v) is 2.05. The van der Waals surface area contributed by atoms with Crippen LogP contribution in [0.1, 0.15) is 31.7 Å². The molecule has 2 heteroatoms. The zero-order chi connectivity index (χ0) is 12.5. The third-order valence-electron chi connectivity index (χ3n) is 2.72. The molecule has 1 N–H and O–H groups in total. The van der Waals surface area contributed by atoms with Crippen LogP contribution in [0.3, 0.4) is 0 Å². The predicted molar refractivity (Wildman–Crippen MR) is 78.0 cm³/mol. The largest absolute Gasteiger partial charge is 0.314 e. The fourth-order valence-electron chi connectivity index (χ4n) is 1.79. The maximum Gasteiger partial charge on any atom is 0.0175 e. The zero-order valence-corrected chi connectivity index (χ0v) is 12.0. The van der Waals surface area contributed by atoms with Crippen LogP contribution in [-0.4, -0.2) is 12.6 Å². The maximum atomic E-state index is 5.33. The summed E-state index contributed by atoms with van der Waals surface area (Å²) in [7, 11) is 0. The lowest BCUT2D eigenvalue weighted by Gasteiger charge is -2.17. The summed E-state index contributed by atoms with van der Waals surface area (Å²) in [5.41, 5.74) is 1.36. The van der Waals surface area contributed by atoms with Crippen molar-refractivity contribution < 1.29 is 0 Å². The predicted octanol–water partition coefficient (Wildman–Crippen LogP) is 3.77. The SMILES string of the molecule is C#CCCC(Cc1ccc(Br)cc1)NCCC. The van der Waals surface area contributed by atoms with E-state index in [1.165, 1.54) is 5.56 Å². The van der Waals surface area contributed by atoms with Gasteiger partial charge >= 0.3 is 0 Å². The lowest BCUT2D eigenvalue weighted by Crippen LogP contribution is -2.31. The van der Waals surface area contributed by atoms with E-state index < -0.39 is 0 Å². The minimum Gasteiger partial charge on any atom is -0.314 e. The van der Waals surface area contributed by atoms with E-state index in [0.29, 0.717) is 6.04 Å². The average molecular weight is 294 g/mol. The molecule has 0 aliphatic rings. The third-order valence-corrected chi connectivity index (χ3v) is 3.24. The normalized spacial score (nSPS) is 12.1. The summed E-state index contributed by atoms with van der Waals surface area (Å²) >= 11 is 3.45. The highest BCUT2D eigenvalue weighted by Crippen LogP contribution is 2.13. The Balaban J connectivity index is 2.52. The summed E-state index contributed by atoms with van der Waals surface area (Å²) in [6, 6.07) is 9.01. The van der Waals surface area contributed by atoms with Gasteiger partial charge in [0.1, 0.15) is 0 Å². The number of halogens is 1. The first-order valence-corrected chi connectivity index (χ1v) is 6.96. The Hall–Kier alpha value is -0.780. The number of benzene rings is 1. The smallest absolute Gasteiger partial charge is 0.0175 e. The molecule has 0 saturated carbocycles. The van der Waals surface area contributed by atoms with Gasteiger partial charge in [-0.2, -0.15) is 0 Å². The molecule has 0 spiro atoms. The zero-order valence-electron chi connectivity index (χ0n) is 10.4. The van der Waals surface area contributed by atoms with Gasteiger partial charge in [-0.3, -0.25) is 0 Å². The van der Waals surface area contributed by atoms with Gasteiger partial charge in [0.15, 0.2) is 0 Å². The molecular weight excluding hydrogens is 274 g/mol. The van der Waals surface area contributed by atoms with Crippen LogP contribution >= 0.6 is 15.9 Å². The topological polar surface area (TPSA) is 12.0 Å². The van der Waals surface area contributed by atoms with Crippen LogP contribution in [0.15, 0.2) is 28.7 Å². The molecular formula is C15H20BrN. The number of nitrogens with one attached hydrogen (secondary N) is 1. The molecule has 1 unspecified atom stereocenters. The highest BCUT2D eigenvalue weighted by Gasteiger charge is 2.07. The van der Waals surface area contributed by atoms with Crippen LogP contribution in [0.2, 0.25) is 0 Å². The highest BCUT2D eigenvalue weighted by atomic mass is 79.9. The van der Waals surface area contributed by atoms with Gasteiger partial charge in [0, 0.05) is 16.9 Å². The quantitative estimate of drug-likeness (QED) is 0.755. The van der Waals surface area contributed by atoms with Crippen LogP contribution in [0.25, 0.3) is 0 Å². The van der Waals surface area contributed by atoms with Crippen molar-refractivity contribution in [1.29, 1.82) is 0 Å². The summed E-state index contributed by atoms with van der Waals surface area (Å²) in [6.07, 6.45) is 9.44. The van der Waals surface area contributed by atoms with Crippen molar-refractivity contribution in [2.45, 2.75) is 38.6 Å². The van der Waals surface area contributed by atoms with Crippen molar-refractivity contribution in [3.05, 3.63) is 34.3 Å². The molecule has 0 aliphatic heterocycles. The Morgan fingerprint density at radius 1 is 1.35 bits per heavy atom. The summed E-state index contributed by atoms with van der Waals surface area (Å²) < 4.78 is 1.13. The molecule has 0 fully saturated rings. The van der Waals surface area contributed by atoms with Crippen LogP contribution in [-0.2, 0) is 6.42 Å². The first kappa shape index (κ1) is 14.3. The van der Waals surface area contributed by atoms with Gasteiger partial charge in [-0.25, -0.2) is 0 Å². The Bertz CT molecular complexity index is 350. The molecule has 1 atom stereocenters. The maximum absolute atomic E-state index is 5.33. The molecule has 1 aromatic rings. The Morgan fingerprint density at radius 2 is 2.06 bits per heavy atom. The second kappa shape index (κ2) is 8.33. The molecule has 0 aliphatic carbocycles. The van der Waals surface area contributed by atoms with Gasteiger partial charge in [0.25, 0.3) is 0 Å². The van der Waals surface area contributed by atoms with Crippen molar-refractivity contribution in [2.24, 2.45) is 0 Å². The van der Waals surface area contributed by atoms with Gasteiger partial charge in [-0.1, -0.05) is 35.0 Å². The summed E-state index contributed by atoms with van der Waals surface area (Å²) in [5.74, 6) is 2.72. The number of rotatable bonds is 7. The van der Waals surface area contributed by atoms with E-state index >= 15 is 0 Å². The van der Waals surface area contributed by atoms with Crippen LogP contribution in [0.4, 0.5) is 0 Å². The molecule has 0 aromatic heterocycles. The van der Waals surface area contributed by atoms with Gasteiger partial charge in [-0.15, -0.1) is 12.3 Å². The Kier molecular flexibility index (Phi) is 7.00. The van der Waals surface area contributed by atoms with Gasteiger partial charge in [-0.05, 0) is 43.5 Å². The monoisotopic (exact) mass is 293 g/mol. The van der Waals surface area contributed by atoms with Crippen LogP contribution in [0.5, 0.6) is 0 Å². The summed E-state index contributed by atoms with van der Waals surface area (Å²) in [5, 5.41) is 3.56. The van der Waals surface area contributed by atoms with E-state index in [2.05, 4.69) is 58.4 Å². The van der Waals surface area contributed by atoms with E-state index in [4.69, 9.17) is 6.42 Å².